The molecule has 0 unspecified atom stereocenters. The quantitative estimate of drug-likeness (QED) is 0.0203. The summed E-state index contributed by atoms with van der Waals surface area (Å²) < 4.78 is 321. The molecule has 2 spiro atoms. The number of piperidine rings is 2. The number of carbonyl (C=O) groups is 8. The minimum atomic E-state index is -3.90. The van der Waals surface area contributed by atoms with E-state index in [1.54, 1.807) is 53.8 Å². The summed E-state index contributed by atoms with van der Waals surface area (Å²) in [5, 5.41) is 26.3. The van der Waals surface area contributed by atoms with Gasteiger partial charge in [0.15, 0.2) is 0 Å². The fourth-order valence-electron chi connectivity index (χ4n) is 19.8. The number of nitrogens with zero attached hydrogens (tertiary/aromatic N) is 5. The Labute approximate surface area is 823 Å². The van der Waals surface area contributed by atoms with Crippen LogP contribution in [0.2, 0.25) is 0 Å². The van der Waals surface area contributed by atoms with Crippen molar-refractivity contribution < 1.29 is 128 Å². The number of nitrogens with one attached hydrogen (secondary N) is 8. The van der Waals surface area contributed by atoms with Crippen LogP contribution in [0.3, 0.4) is 0 Å². The Bertz CT molecular complexity index is 7510. The van der Waals surface area contributed by atoms with Gasteiger partial charge in [0, 0.05) is 106 Å². The highest BCUT2D eigenvalue weighted by Crippen LogP contribution is 2.63. The average Bonchev–Trinajstić information content (AvgIpc) is 1.64. The number of benzene rings is 6. The van der Waals surface area contributed by atoms with Gasteiger partial charge < -0.3 is 85.9 Å². The van der Waals surface area contributed by atoms with Crippen LogP contribution in [-0.4, -0.2) is 174 Å². The number of H-pyrrole nitrogens is 4. The first kappa shape index (κ1) is 63.9. The SMILES string of the molecule is C.COC(=O)Cl.FC1(F)c2cc(-c3ccc4nc([C@H]5N[C@@H]6CC[C@H]5C6)[nH]c4c3)ccc2-c2ccc(-c3ccc([C@H]4CCC5(CC5)C4)[nH]3)cc21.[2H]C([2H])([2H])C(C([2H])([2H])[2H])[C@@]([2H])(NC(=O)OC)C(=O)N1[C@@H]2CC[C@@H](C2)[C@H]1c1nc2ccc(-c3ccc4c(c3)C(F)(F)c3cc(-c5cnc([C@@H]6CC7(CC7)CN6C(=O)[C@]([2H])(NC(=O)OC)C([2H])(C([2H])([2H])[2H])C([2H])([2H])[2H])[nH]5)ccc3-4)cc2[nH]1.[2H]C([2H])([2H])C([2H])(C([2H])([2H])[2H])[C@@]([2H])(N)C(=O)O.[2H]C([2H])([2H])C([2H])(C([2H])([2H])[2H])[C@@]([2H])(NC(=O)OC)C(=O)O. The van der Waals surface area contributed by atoms with Gasteiger partial charge in [0.1, 0.15) is 41.5 Å². The molecule has 20 rings (SSSR count). The lowest BCUT2D eigenvalue weighted by atomic mass is 9.95. The number of carbonyl (C=O) groups excluding carboxylic acids is 6. The molecule has 134 heavy (non-hydrogen) atoms. The number of imidazole rings is 3. The smallest absolute Gasteiger partial charge is 0.407 e. The number of methoxy groups -OCH3 is 4. The van der Waals surface area contributed by atoms with Crippen LogP contribution in [0.5, 0.6) is 0 Å². The van der Waals surface area contributed by atoms with Crippen LogP contribution in [0.15, 0.2) is 128 Å². The van der Waals surface area contributed by atoms with Crippen molar-refractivity contribution in [2.45, 2.75) is 224 Å². The second-order valence-electron chi connectivity index (χ2n) is 34.8. The zero-order valence-electron chi connectivity index (χ0n) is 103. The number of aromatic amines is 4. The third-order valence-electron chi connectivity index (χ3n) is 26.9. The number of aliphatic carboxylic acids is 2. The Morgan fingerprint density at radius 3 is 1.51 bits per heavy atom. The minimum Gasteiger partial charge on any atom is -0.480 e. The first-order valence-electron chi connectivity index (χ1n) is 58.1. The maximum absolute atomic E-state index is 16.9. The highest BCUT2D eigenvalue weighted by atomic mass is 35.5. The molecule has 33 heteroatoms. The van der Waals surface area contributed by atoms with Crippen LogP contribution in [0.4, 0.5) is 36.7 Å². The van der Waals surface area contributed by atoms with Crippen molar-refractivity contribution in [1.82, 2.24) is 66.0 Å². The number of likely N-dealkylation sites (tertiary alicyclic amines) is 2. The number of hydrogen-bond donors (Lipinski definition) is 11. The van der Waals surface area contributed by atoms with Crippen molar-refractivity contribution in [1.29, 1.82) is 0 Å². The van der Waals surface area contributed by atoms with E-state index in [2.05, 4.69) is 79.0 Å². The first-order chi connectivity index (χ1) is 75.6. The van der Waals surface area contributed by atoms with Crippen molar-refractivity contribution in [3.05, 3.63) is 173 Å². The molecule has 5 saturated carbocycles. The van der Waals surface area contributed by atoms with E-state index in [0.717, 1.165) is 65.5 Å². The molecule has 6 aromatic carbocycles. The maximum atomic E-state index is 16.9. The molecule has 4 aromatic heterocycles. The Morgan fingerprint density at radius 2 is 1.02 bits per heavy atom. The van der Waals surface area contributed by atoms with Crippen LogP contribution in [0, 0.1) is 46.3 Å². The largest absolute Gasteiger partial charge is 0.480 e. The number of fused-ring (bicyclic) bond motifs is 12. The molecule has 5 amide bonds. The third kappa shape index (κ3) is 19.2. The molecular weight excluding hydrogens is 1740 g/mol. The average molecular weight is 1900 g/mol. The number of carboxylic acid groups (broad SMARTS) is 2. The van der Waals surface area contributed by atoms with Crippen molar-refractivity contribution >= 4 is 81.1 Å². The predicted molar refractivity (Wildman–Crippen MR) is 500 cm³/mol. The molecule has 0 radical (unpaired) electrons. The normalized spacial score (nSPS) is 27.4. The lowest BCUT2D eigenvalue weighted by Crippen LogP contribution is -2.54. The summed E-state index contributed by atoms with van der Waals surface area (Å²) in [6, 6.07) is 19.8. The number of aromatic nitrogens is 7. The summed E-state index contributed by atoms with van der Waals surface area (Å²) in [4.78, 5) is 126. The van der Waals surface area contributed by atoms with Crippen LogP contribution in [0.25, 0.3) is 89.1 Å². The van der Waals surface area contributed by atoms with Gasteiger partial charge in [-0.1, -0.05) is 123 Å². The van der Waals surface area contributed by atoms with Crippen LogP contribution >= 0.6 is 11.6 Å². The lowest BCUT2D eigenvalue weighted by molar-refractivity contribution is -0.141. The van der Waals surface area contributed by atoms with Crippen LogP contribution in [-0.2, 0) is 50.0 Å². The number of ether oxygens (including phenoxy) is 4. The molecule has 7 aliphatic carbocycles. The number of nitrogens with two attached hydrogens (primary N) is 1. The highest BCUT2D eigenvalue weighted by Gasteiger charge is 2.57. The molecule has 712 valence electrons. The Hall–Kier alpha value is -12.2. The van der Waals surface area contributed by atoms with Crippen molar-refractivity contribution in [2.75, 3.05) is 35.0 Å². The fraction of sp³-hybridized carbons (Fsp3) is 0.475. The van der Waals surface area contributed by atoms with E-state index in [1.807, 2.05) is 41.7 Å². The van der Waals surface area contributed by atoms with Crippen LogP contribution < -0.4 is 27.0 Å². The lowest BCUT2D eigenvalue weighted by Gasteiger charge is -2.37. The van der Waals surface area contributed by atoms with Gasteiger partial charge in [-0.25, -0.2) is 38.9 Å². The monoisotopic (exact) mass is 1890 g/mol. The summed E-state index contributed by atoms with van der Waals surface area (Å²) in [6.07, 6.45) is 10.1. The fourth-order valence-corrected chi connectivity index (χ4v) is 19.8. The summed E-state index contributed by atoms with van der Waals surface area (Å²) >= 11 is 4.60. The topological polar surface area (TPSA) is 396 Å². The first-order valence-corrected chi connectivity index (χ1v) is 43.0. The number of alkyl carbamates (subject to hydrolysis) is 3. The van der Waals surface area contributed by atoms with Gasteiger partial charge in [-0.2, -0.15) is 17.6 Å². The minimum absolute atomic E-state index is 0. The molecule has 12 N–H and O–H groups in total. The standard InChI is InChI=1S/C49H54F2N8O6.C37H34F2N4.C7H13NO4.C5H11NO2.C2H3ClO2.CH4/c1-24(2)39(56-46(62)64-5)44(60)58-23-48(15-16-48)21-38(58)42-52-22-37(55-42)28-9-13-32-31-12-8-26(18-33(31)49(50,51)34(32)19-28)27-10-14-35-36(20-27)54-43(53-35)41-29-7-11-30(17-29)59(41)45(61)40(25(3)4)57-47(63)65-6;38-37(39)28-16-20(21-4-8-32-33(18-21)43-35(42-32)34-23-1-5-25(15-23)40-34)2-6-26(28)27-7-3-22(17-29(27)37)30-9-10-31(41-30)24-11-12-36(19-24)13-14-36;1-4(2)5(6(9)10)8-7(11)12-3;1-3(2)4(6)5(7)8;1-5-2(3)4;/h8-10,12-14,18-20,22,24-25,29-30,38-41H,7,11,15-17,21,23H2,1-6H3,(H,52,55)(H,53,54)(H,56,62)(H,57,63);2-4,6-10,16-18,23-25,34,40-41H,1,5,11-15,19H2,(H,42,43);4-5H,1-3H3,(H,8,11)(H,9,10);3-4H,6H2,1-2H3,(H,7,8);1H3;1H4/t29-,30+,38-,39+,40+,41-;23-,24-,25+,34-;5-;4-;;/m0011../s1/i1D3,2D3,3D3,4D3,24D,39D,40D;;1D3,2D3,4D,5D;1D3,2D3,3D,4D;;. The Morgan fingerprint density at radius 1 is 0.522 bits per heavy atom. The van der Waals surface area contributed by atoms with Gasteiger partial charge in [-0.15, -0.1) is 0 Å². The molecule has 10 aromatic rings. The number of hydrogen-bond acceptors (Lipinski definition) is 17. The molecule has 3 aliphatic heterocycles. The number of alkyl halides is 4. The molecule has 4 bridgehead atoms. The molecule has 28 nitrogen and oxygen atoms in total. The number of amides is 5. The second-order valence-corrected chi connectivity index (χ2v) is 35.1. The maximum Gasteiger partial charge on any atom is 0.407 e. The third-order valence-corrected chi connectivity index (χ3v) is 27.0. The van der Waals surface area contributed by atoms with E-state index in [4.69, 9.17) is 67.0 Å². The van der Waals surface area contributed by atoms with Gasteiger partial charge in [0.25, 0.3) is 11.8 Å². The van der Waals surface area contributed by atoms with Gasteiger partial charge >= 0.3 is 35.6 Å². The molecule has 12 atom stereocenters. The van der Waals surface area contributed by atoms with E-state index in [9.17, 15) is 39.7 Å². The highest BCUT2D eigenvalue weighted by molar-refractivity contribution is 6.61. The summed E-state index contributed by atoms with van der Waals surface area (Å²) in [6.45, 7) is -29.0. The van der Waals surface area contributed by atoms with Gasteiger partial charge in [0.05, 0.1) is 86.0 Å². The van der Waals surface area contributed by atoms with E-state index in [0.29, 0.717) is 88.7 Å². The van der Waals surface area contributed by atoms with E-state index in [1.165, 1.54) is 98.8 Å². The summed E-state index contributed by atoms with van der Waals surface area (Å²) in [7, 11) is 3.79. The summed E-state index contributed by atoms with van der Waals surface area (Å²) in [5.41, 5.74) is 14.3. The molecule has 8 fully saturated rings. The second kappa shape index (κ2) is 38.3. The van der Waals surface area contributed by atoms with Crippen LogP contribution in [0.1, 0.15) is 264 Å². The van der Waals surface area contributed by atoms with Crippen molar-refractivity contribution in [2.24, 2.45) is 52.0 Å². The van der Waals surface area contributed by atoms with E-state index >= 15 is 17.6 Å². The number of carboxylic acids is 2. The zero-order chi connectivity index (χ0) is 121. The van der Waals surface area contributed by atoms with Crippen molar-refractivity contribution in [3.8, 4) is 67.0 Å². The van der Waals surface area contributed by atoms with E-state index < -0.39 is 185 Å². The molecule has 10 aliphatic rings. The Balaban J connectivity index is 0.000000194. The van der Waals surface area contributed by atoms with E-state index in [-0.39, 0.29) is 88.6 Å². The van der Waals surface area contributed by atoms with Gasteiger partial charge in [0.2, 0.25) is 11.8 Å². The van der Waals surface area contributed by atoms with Gasteiger partial charge in [-0.3, -0.25) is 14.4 Å². The molecule has 7 heterocycles. The number of halogens is 5. The van der Waals surface area contributed by atoms with Gasteiger partial charge in [-0.05, 0) is 253 Å². The number of rotatable bonds is 19. The zero-order valence-corrected chi connectivity index (χ0v) is 72.7. The molecular formula is C101H119ClF4N14O14. The Kier molecular flexibility index (Phi) is 18.3. The molecule has 3 saturated heterocycles. The van der Waals surface area contributed by atoms with Crippen molar-refractivity contribution in [3.63, 3.8) is 0 Å². The summed E-state index contributed by atoms with van der Waals surface area (Å²) in [5.74, 6) is -25.5. The predicted octanol–water partition coefficient (Wildman–Crippen LogP) is 19.9.